The molecule has 4 heteroatoms. The molecule has 1 N–H and O–H groups in total. The highest BCUT2D eigenvalue weighted by Gasteiger charge is 2.19. The normalized spacial score (nSPS) is 21.7. The van der Waals surface area contributed by atoms with Crippen molar-refractivity contribution >= 4 is 5.82 Å². The van der Waals surface area contributed by atoms with E-state index in [2.05, 4.69) is 22.0 Å². The topological polar surface area (TPSA) is 49.2 Å². The molecule has 15 heavy (non-hydrogen) atoms. The number of aliphatic hydroxyl groups excluding tert-OH is 1. The Morgan fingerprint density at radius 1 is 1.40 bits per heavy atom. The Labute approximate surface area is 89.9 Å². The maximum absolute atomic E-state index is 8.87. The number of hydrogen-bond donors (Lipinski definition) is 1. The second-order valence-electron chi connectivity index (χ2n) is 4.08. The first kappa shape index (κ1) is 10.4. The Kier molecular flexibility index (Phi) is 3.16. The van der Waals surface area contributed by atoms with Gasteiger partial charge in [-0.2, -0.15) is 5.10 Å². The predicted octanol–water partition coefficient (Wildman–Crippen LogP) is 1.35. The Morgan fingerprint density at radius 2 is 2.27 bits per heavy atom. The van der Waals surface area contributed by atoms with Gasteiger partial charge in [-0.1, -0.05) is 0 Å². The maximum Gasteiger partial charge on any atom is 0.151 e. The van der Waals surface area contributed by atoms with E-state index < -0.39 is 0 Å². The summed E-state index contributed by atoms with van der Waals surface area (Å²) in [7, 11) is 0. The van der Waals surface area contributed by atoms with Crippen molar-refractivity contribution in [3.8, 4) is 0 Å². The Balaban J connectivity index is 2.13. The van der Waals surface area contributed by atoms with Gasteiger partial charge in [-0.15, -0.1) is 5.10 Å². The van der Waals surface area contributed by atoms with E-state index in [4.69, 9.17) is 5.11 Å². The monoisotopic (exact) mass is 207 g/mol. The van der Waals surface area contributed by atoms with Gasteiger partial charge in [0.05, 0.1) is 12.3 Å². The summed E-state index contributed by atoms with van der Waals surface area (Å²) in [5.74, 6) is 0.930. The van der Waals surface area contributed by atoms with Gasteiger partial charge in [0.1, 0.15) is 0 Å². The van der Waals surface area contributed by atoms with Gasteiger partial charge >= 0.3 is 0 Å². The van der Waals surface area contributed by atoms with E-state index >= 15 is 0 Å². The van der Waals surface area contributed by atoms with Crippen LogP contribution in [0, 0.1) is 0 Å². The third kappa shape index (κ3) is 2.26. The number of nitrogens with zero attached hydrogens (tertiary/aromatic N) is 3. The third-order valence-corrected chi connectivity index (χ3v) is 2.96. The number of aromatic nitrogens is 2. The van der Waals surface area contributed by atoms with Crippen molar-refractivity contribution in [3.63, 3.8) is 0 Å². The predicted molar refractivity (Wildman–Crippen MR) is 58.6 cm³/mol. The Hall–Kier alpha value is -1.16. The highest BCUT2D eigenvalue weighted by atomic mass is 16.3. The van der Waals surface area contributed by atoms with Gasteiger partial charge in [-0.05, 0) is 38.3 Å². The average Bonchev–Trinajstić information content (AvgIpc) is 2.30. The summed E-state index contributed by atoms with van der Waals surface area (Å²) in [4.78, 5) is 2.29. The molecule has 82 valence electrons. The van der Waals surface area contributed by atoms with Gasteiger partial charge in [-0.3, -0.25) is 0 Å². The van der Waals surface area contributed by atoms with Crippen molar-refractivity contribution in [2.24, 2.45) is 0 Å². The molecule has 2 heterocycles. The van der Waals surface area contributed by atoms with E-state index in [1.165, 1.54) is 19.3 Å². The summed E-state index contributed by atoms with van der Waals surface area (Å²) in [5, 5.41) is 17.0. The minimum absolute atomic E-state index is 0.0389. The smallest absolute Gasteiger partial charge is 0.151 e. The lowest BCUT2D eigenvalue weighted by Gasteiger charge is -2.33. The molecule has 1 aliphatic heterocycles. The van der Waals surface area contributed by atoms with Gasteiger partial charge < -0.3 is 10.0 Å². The fourth-order valence-corrected chi connectivity index (χ4v) is 2.03. The van der Waals surface area contributed by atoms with Crippen molar-refractivity contribution in [3.05, 3.63) is 17.8 Å². The summed E-state index contributed by atoms with van der Waals surface area (Å²) in [6, 6.07) is 4.33. The van der Waals surface area contributed by atoms with Crippen LogP contribution in [0.5, 0.6) is 0 Å². The fraction of sp³-hybridized carbons (Fsp3) is 0.636. The minimum Gasteiger partial charge on any atom is -0.390 e. The third-order valence-electron chi connectivity index (χ3n) is 2.96. The number of aliphatic hydroxyl groups is 1. The molecule has 2 rings (SSSR count). The van der Waals surface area contributed by atoms with Gasteiger partial charge in [0.2, 0.25) is 0 Å². The fourth-order valence-electron chi connectivity index (χ4n) is 2.03. The zero-order chi connectivity index (χ0) is 10.7. The quantitative estimate of drug-likeness (QED) is 0.795. The number of anilines is 1. The summed E-state index contributed by atoms with van der Waals surface area (Å²) in [6.45, 7) is 3.25. The minimum atomic E-state index is -0.0389. The van der Waals surface area contributed by atoms with Gasteiger partial charge in [0, 0.05) is 12.6 Å². The van der Waals surface area contributed by atoms with Crippen molar-refractivity contribution in [2.45, 2.75) is 38.8 Å². The molecule has 1 atom stereocenters. The first-order valence-electron chi connectivity index (χ1n) is 5.51. The summed E-state index contributed by atoms with van der Waals surface area (Å²) in [6.07, 6.45) is 3.76. The molecule has 1 aliphatic rings. The highest BCUT2D eigenvalue weighted by molar-refractivity contribution is 5.38. The van der Waals surface area contributed by atoms with E-state index in [0.717, 1.165) is 12.4 Å². The van der Waals surface area contributed by atoms with Crippen molar-refractivity contribution in [1.82, 2.24) is 10.2 Å². The number of piperidine rings is 1. The van der Waals surface area contributed by atoms with Gasteiger partial charge in [0.15, 0.2) is 5.82 Å². The molecular formula is C11H17N3O. The molecule has 1 fully saturated rings. The Morgan fingerprint density at radius 3 is 2.87 bits per heavy atom. The van der Waals surface area contributed by atoms with E-state index in [-0.39, 0.29) is 6.61 Å². The van der Waals surface area contributed by atoms with Crippen molar-refractivity contribution < 1.29 is 5.11 Å². The standard InChI is InChI=1S/C11H17N3O/c1-9-4-2-3-7-14(9)11-6-5-10(8-15)12-13-11/h5-6,9,15H,2-4,7-8H2,1H3. The first-order valence-corrected chi connectivity index (χ1v) is 5.51. The van der Waals surface area contributed by atoms with Crippen LogP contribution in [0.2, 0.25) is 0 Å². The molecule has 0 aliphatic carbocycles. The molecule has 1 aromatic heterocycles. The zero-order valence-corrected chi connectivity index (χ0v) is 9.06. The summed E-state index contributed by atoms with van der Waals surface area (Å²) in [5.41, 5.74) is 0.628. The molecule has 0 spiro atoms. The maximum atomic E-state index is 8.87. The summed E-state index contributed by atoms with van der Waals surface area (Å²) >= 11 is 0. The average molecular weight is 207 g/mol. The van der Waals surface area contributed by atoms with Crippen LogP contribution in [0.3, 0.4) is 0 Å². The molecule has 1 aromatic rings. The molecule has 0 saturated carbocycles. The van der Waals surface area contributed by atoms with Crippen LogP contribution in [0.25, 0.3) is 0 Å². The van der Waals surface area contributed by atoms with Gasteiger partial charge in [0.25, 0.3) is 0 Å². The van der Waals surface area contributed by atoms with Crippen LogP contribution >= 0.6 is 0 Å². The lowest BCUT2D eigenvalue weighted by Crippen LogP contribution is -2.38. The van der Waals surface area contributed by atoms with Gasteiger partial charge in [-0.25, -0.2) is 0 Å². The highest BCUT2D eigenvalue weighted by Crippen LogP contribution is 2.21. The molecular weight excluding hydrogens is 190 g/mol. The van der Waals surface area contributed by atoms with E-state index in [1.807, 2.05) is 12.1 Å². The molecule has 0 amide bonds. The molecule has 1 unspecified atom stereocenters. The Bertz CT molecular complexity index is 312. The van der Waals surface area contributed by atoms with E-state index in [1.54, 1.807) is 0 Å². The largest absolute Gasteiger partial charge is 0.390 e. The molecule has 4 nitrogen and oxygen atoms in total. The van der Waals surface area contributed by atoms with Crippen LogP contribution in [0.1, 0.15) is 31.9 Å². The van der Waals surface area contributed by atoms with E-state index in [9.17, 15) is 0 Å². The first-order chi connectivity index (χ1) is 7.31. The zero-order valence-electron chi connectivity index (χ0n) is 9.06. The SMILES string of the molecule is CC1CCCCN1c1ccc(CO)nn1. The van der Waals surface area contributed by atoms with Crippen LogP contribution in [-0.2, 0) is 6.61 Å². The van der Waals surface area contributed by atoms with Crippen LogP contribution < -0.4 is 4.90 Å². The molecule has 0 bridgehead atoms. The van der Waals surface area contributed by atoms with E-state index in [0.29, 0.717) is 11.7 Å². The molecule has 0 aromatic carbocycles. The second-order valence-corrected chi connectivity index (χ2v) is 4.08. The lowest BCUT2D eigenvalue weighted by atomic mass is 10.0. The van der Waals surface area contributed by atoms with Crippen LogP contribution in [-0.4, -0.2) is 27.9 Å². The lowest BCUT2D eigenvalue weighted by molar-refractivity contribution is 0.275. The molecule has 1 saturated heterocycles. The van der Waals surface area contributed by atoms with Crippen molar-refractivity contribution in [1.29, 1.82) is 0 Å². The van der Waals surface area contributed by atoms with Crippen LogP contribution in [0.15, 0.2) is 12.1 Å². The van der Waals surface area contributed by atoms with Crippen LogP contribution in [0.4, 0.5) is 5.82 Å². The summed E-state index contributed by atoms with van der Waals surface area (Å²) < 4.78 is 0. The second kappa shape index (κ2) is 4.57. The molecule has 0 radical (unpaired) electrons. The number of rotatable bonds is 2. The number of hydrogen-bond acceptors (Lipinski definition) is 4. The van der Waals surface area contributed by atoms with Crippen molar-refractivity contribution in [2.75, 3.05) is 11.4 Å².